The number of hydrogen-bond donors (Lipinski definition) is 0. The Kier molecular flexibility index (Phi) is 11.4. The van der Waals surface area contributed by atoms with Gasteiger partial charge in [0.1, 0.15) is 11.2 Å². The second-order valence-corrected chi connectivity index (χ2v) is 17.7. The molecule has 0 saturated heterocycles. The molecule has 0 bridgehead atoms. The van der Waals surface area contributed by atoms with Crippen LogP contribution in [0.2, 0.25) is 0 Å². The SMILES string of the molecule is Cc1ccc(-c2ccc(CCc3cc(CCc4ccc(-c5ccc(C)cn5)cc4)cc(-c4ccccc4-c4cnc(-c5ccccc5)cc4-c4ccc5c(c4)oc4ccccc45)c3)cc2)nc1. The van der Waals surface area contributed by atoms with Crippen molar-refractivity contribution in [1.82, 2.24) is 15.0 Å². The van der Waals surface area contributed by atoms with Crippen LogP contribution in [0.4, 0.5) is 0 Å². The van der Waals surface area contributed by atoms with Crippen molar-refractivity contribution in [3.8, 4) is 67.2 Å². The maximum atomic E-state index is 6.44. The Morgan fingerprint density at radius 1 is 0.313 bits per heavy atom. The molecule has 7 aromatic carbocycles. The first-order chi connectivity index (χ1) is 33.0. The lowest BCUT2D eigenvalue weighted by molar-refractivity contribution is 0.669. The second kappa shape index (κ2) is 18.3. The van der Waals surface area contributed by atoms with Gasteiger partial charge in [-0.1, -0.05) is 158 Å². The van der Waals surface area contributed by atoms with Crippen molar-refractivity contribution in [1.29, 1.82) is 0 Å². The number of nitrogens with zero attached hydrogens (tertiary/aromatic N) is 3. The summed E-state index contributed by atoms with van der Waals surface area (Å²) in [7, 11) is 0. The van der Waals surface area contributed by atoms with Gasteiger partial charge in [-0.2, -0.15) is 0 Å². The Labute approximate surface area is 392 Å². The Balaban J connectivity index is 0.965. The lowest BCUT2D eigenvalue weighted by Crippen LogP contribution is -1.98. The fraction of sp³-hybridized carbons (Fsp3) is 0.0952. The van der Waals surface area contributed by atoms with Crippen LogP contribution in [0, 0.1) is 13.8 Å². The van der Waals surface area contributed by atoms with E-state index in [9.17, 15) is 0 Å². The third kappa shape index (κ3) is 8.95. The number of fused-ring (bicyclic) bond motifs is 3. The monoisotopic (exact) mass is 863 g/mol. The number of furan rings is 1. The number of para-hydroxylation sites is 1. The average Bonchev–Trinajstić information content (AvgIpc) is 3.76. The summed E-state index contributed by atoms with van der Waals surface area (Å²) in [5, 5.41) is 2.24. The maximum Gasteiger partial charge on any atom is 0.136 e. The van der Waals surface area contributed by atoms with Crippen molar-refractivity contribution >= 4 is 21.9 Å². The van der Waals surface area contributed by atoms with E-state index in [1.165, 1.54) is 33.4 Å². The summed E-state index contributed by atoms with van der Waals surface area (Å²) in [6.07, 6.45) is 9.62. The summed E-state index contributed by atoms with van der Waals surface area (Å²) in [5.74, 6) is 0. The van der Waals surface area contributed by atoms with Crippen LogP contribution in [0.5, 0.6) is 0 Å². The van der Waals surface area contributed by atoms with Crippen LogP contribution >= 0.6 is 0 Å². The molecule has 0 saturated carbocycles. The van der Waals surface area contributed by atoms with Crippen molar-refractivity contribution < 1.29 is 4.42 Å². The van der Waals surface area contributed by atoms with Crippen LogP contribution in [0.25, 0.3) is 89.1 Å². The molecule has 4 aromatic heterocycles. The van der Waals surface area contributed by atoms with E-state index >= 15 is 0 Å². The molecule has 11 rings (SSSR count). The normalized spacial score (nSPS) is 11.4. The van der Waals surface area contributed by atoms with Gasteiger partial charge in [-0.15, -0.1) is 0 Å². The highest BCUT2D eigenvalue weighted by Crippen LogP contribution is 2.42. The van der Waals surface area contributed by atoms with E-state index in [1.54, 1.807) is 0 Å². The summed E-state index contributed by atoms with van der Waals surface area (Å²) >= 11 is 0. The van der Waals surface area contributed by atoms with Crippen LogP contribution in [-0.2, 0) is 25.7 Å². The van der Waals surface area contributed by atoms with Crippen molar-refractivity contribution in [3.05, 3.63) is 246 Å². The van der Waals surface area contributed by atoms with Crippen LogP contribution in [0.3, 0.4) is 0 Å². The first kappa shape index (κ1) is 41.5. The molecule has 0 fully saturated rings. The minimum Gasteiger partial charge on any atom is -0.456 e. The van der Waals surface area contributed by atoms with E-state index in [1.807, 2.05) is 30.6 Å². The molecule has 0 aliphatic carbocycles. The van der Waals surface area contributed by atoms with Gasteiger partial charge in [0.05, 0.1) is 17.1 Å². The number of hydrogen-bond acceptors (Lipinski definition) is 4. The van der Waals surface area contributed by atoms with Crippen molar-refractivity contribution in [2.24, 2.45) is 0 Å². The molecule has 0 N–H and O–H groups in total. The quantitative estimate of drug-likeness (QED) is 0.123. The van der Waals surface area contributed by atoms with Crippen molar-refractivity contribution in [3.63, 3.8) is 0 Å². The summed E-state index contributed by atoms with van der Waals surface area (Å²) in [4.78, 5) is 14.4. The van der Waals surface area contributed by atoms with Crippen molar-refractivity contribution in [2.45, 2.75) is 39.5 Å². The fourth-order valence-corrected chi connectivity index (χ4v) is 9.28. The predicted octanol–water partition coefficient (Wildman–Crippen LogP) is 16.0. The van der Waals surface area contributed by atoms with Gasteiger partial charge < -0.3 is 4.42 Å². The van der Waals surface area contributed by atoms with Gasteiger partial charge in [-0.25, -0.2) is 0 Å². The maximum absolute atomic E-state index is 6.44. The fourth-order valence-electron chi connectivity index (χ4n) is 9.28. The predicted molar refractivity (Wildman–Crippen MR) is 277 cm³/mol. The number of benzene rings is 7. The molecule has 11 aromatic rings. The minimum atomic E-state index is 0.872. The van der Waals surface area contributed by atoms with Gasteiger partial charge in [0, 0.05) is 51.6 Å². The zero-order chi connectivity index (χ0) is 45.1. The summed E-state index contributed by atoms with van der Waals surface area (Å²) in [6.45, 7) is 4.14. The molecular formula is C63H49N3O. The van der Waals surface area contributed by atoms with E-state index in [4.69, 9.17) is 9.40 Å². The molecule has 0 spiro atoms. The molecule has 0 unspecified atom stereocenters. The lowest BCUT2D eigenvalue weighted by atomic mass is 9.87. The number of rotatable bonds is 12. The molecule has 4 nitrogen and oxygen atoms in total. The topological polar surface area (TPSA) is 51.8 Å². The van der Waals surface area contributed by atoms with Gasteiger partial charge in [0.2, 0.25) is 0 Å². The Morgan fingerprint density at radius 2 is 0.836 bits per heavy atom. The molecule has 0 atom stereocenters. The van der Waals surface area contributed by atoms with Gasteiger partial charge >= 0.3 is 0 Å². The Bertz CT molecular complexity index is 3390. The number of aromatic nitrogens is 3. The highest BCUT2D eigenvalue weighted by Gasteiger charge is 2.18. The molecule has 0 aliphatic heterocycles. The molecule has 4 heteroatoms. The highest BCUT2D eigenvalue weighted by molar-refractivity contribution is 6.06. The van der Waals surface area contributed by atoms with Crippen molar-refractivity contribution in [2.75, 3.05) is 0 Å². The molecule has 0 amide bonds. The standard InChI is InChI=1S/C63H49N3O/c1-42-16-32-59(64-39-42)49-26-22-44(23-27-49)18-20-46-34-47(21-19-45-24-28-50(29-25-45)60-33-17-43(2)40-65-60)36-52(35-46)53-12-6-7-13-54(53)58-41-66-61(48-10-4-3-5-11-48)38-57(58)51-30-31-56-55-14-8-9-15-62(55)67-63(56)37-51/h3-17,22-41H,18-21H2,1-2H3. The van der Waals surface area contributed by atoms with E-state index in [0.29, 0.717) is 0 Å². The third-order valence-corrected chi connectivity index (χ3v) is 13.0. The zero-order valence-electron chi connectivity index (χ0n) is 37.8. The van der Waals surface area contributed by atoms with E-state index in [-0.39, 0.29) is 0 Å². The lowest BCUT2D eigenvalue weighted by Gasteiger charge is -2.17. The number of aryl methyl sites for hydroxylation is 6. The Hall–Kier alpha value is -8.21. The first-order valence-electron chi connectivity index (χ1n) is 23.2. The highest BCUT2D eigenvalue weighted by atomic mass is 16.3. The molecule has 67 heavy (non-hydrogen) atoms. The van der Waals surface area contributed by atoms with Crippen LogP contribution < -0.4 is 0 Å². The van der Waals surface area contributed by atoms with Gasteiger partial charge in [-0.3, -0.25) is 15.0 Å². The molecule has 0 aliphatic rings. The van der Waals surface area contributed by atoms with Gasteiger partial charge in [0.15, 0.2) is 0 Å². The average molecular weight is 864 g/mol. The van der Waals surface area contributed by atoms with E-state index in [2.05, 4.69) is 206 Å². The minimum absolute atomic E-state index is 0.872. The summed E-state index contributed by atoms with van der Waals surface area (Å²) in [6, 6.07) is 69.9. The van der Waals surface area contributed by atoms with E-state index < -0.39 is 0 Å². The van der Waals surface area contributed by atoms with Crippen LogP contribution in [0.1, 0.15) is 33.4 Å². The largest absolute Gasteiger partial charge is 0.456 e. The molecule has 4 heterocycles. The zero-order valence-corrected chi connectivity index (χ0v) is 37.8. The smallest absolute Gasteiger partial charge is 0.136 e. The van der Waals surface area contributed by atoms with Gasteiger partial charge in [-0.05, 0) is 137 Å². The summed E-state index contributed by atoms with van der Waals surface area (Å²) in [5.41, 5.74) is 22.4. The summed E-state index contributed by atoms with van der Waals surface area (Å²) < 4.78 is 6.44. The van der Waals surface area contributed by atoms with E-state index in [0.717, 1.165) is 115 Å². The molecular weight excluding hydrogens is 815 g/mol. The van der Waals surface area contributed by atoms with Crippen LogP contribution in [0.15, 0.2) is 217 Å². The second-order valence-electron chi connectivity index (χ2n) is 17.7. The van der Waals surface area contributed by atoms with Gasteiger partial charge in [0.25, 0.3) is 0 Å². The third-order valence-electron chi connectivity index (χ3n) is 13.0. The number of pyridine rings is 3. The van der Waals surface area contributed by atoms with Crippen LogP contribution in [-0.4, -0.2) is 15.0 Å². The Morgan fingerprint density at radius 3 is 1.46 bits per heavy atom. The first-order valence-corrected chi connectivity index (χ1v) is 23.2. The molecule has 322 valence electrons. The molecule has 0 radical (unpaired) electrons.